The normalized spacial score (nSPS) is 12.1. The topological polar surface area (TPSA) is 104 Å². The number of hydrogen-bond donors (Lipinski definition) is 3. The minimum atomic E-state index is -1.51. The maximum Gasteiger partial charge on any atom is 0.506 e. The van der Waals surface area contributed by atoms with Crippen LogP contribution in [0.1, 0.15) is 12.8 Å². The molecule has 3 N–H and O–H groups in total. The number of aliphatic hydroxyl groups excluding tert-OH is 1. The van der Waals surface area contributed by atoms with E-state index in [1.807, 2.05) is 0 Å². The molecule has 0 amide bonds. The molecule has 0 radical (unpaired) electrons. The van der Waals surface area contributed by atoms with Gasteiger partial charge in [0.15, 0.2) is 0 Å². The Balaban J connectivity index is 3.67. The van der Waals surface area contributed by atoms with Crippen LogP contribution in [0.4, 0.5) is 4.79 Å². The molecule has 0 aliphatic heterocycles. The van der Waals surface area contributed by atoms with Gasteiger partial charge in [-0.3, -0.25) is 4.79 Å². The Morgan fingerprint density at radius 3 is 2.25 bits per heavy atom. The highest BCUT2D eigenvalue weighted by Crippen LogP contribution is 2.01. The second kappa shape index (κ2) is 5.36. The largest absolute Gasteiger partial charge is 0.506 e. The quantitative estimate of drug-likeness (QED) is 0.508. The second-order valence-electron chi connectivity index (χ2n) is 2.12. The number of ether oxygens (including phenoxy) is 1. The van der Waals surface area contributed by atoms with E-state index in [2.05, 4.69) is 4.74 Å². The van der Waals surface area contributed by atoms with Gasteiger partial charge in [-0.25, -0.2) is 4.79 Å². The minimum Gasteiger partial charge on any atom is -0.481 e. The van der Waals surface area contributed by atoms with Gasteiger partial charge < -0.3 is 20.1 Å². The number of aliphatic carboxylic acids is 1. The molecule has 0 aromatic heterocycles. The molecule has 0 saturated heterocycles. The molecule has 0 rings (SSSR count). The Labute approximate surface area is 68.4 Å². The predicted molar refractivity (Wildman–Crippen MR) is 36.9 cm³/mol. The van der Waals surface area contributed by atoms with Crippen LogP contribution in [0.15, 0.2) is 0 Å². The van der Waals surface area contributed by atoms with Crippen molar-refractivity contribution < 1.29 is 29.6 Å². The van der Waals surface area contributed by atoms with Crippen LogP contribution in [0, 0.1) is 0 Å². The molecule has 0 aliphatic rings. The summed E-state index contributed by atoms with van der Waals surface area (Å²) in [5.41, 5.74) is 0. The van der Waals surface area contributed by atoms with Gasteiger partial charge in [-0.15, -0.1) is 0 Å². The predicted octanol–water partition coefficient (Wildman–Crippen LogP) is -0.0933. The van der Waals surface area contributed by atoms with Crippen LogP contribution in [0.2, 0.25) is 0 Å². The minimum absolute atomic E-state index is 0.0157. The van der Waals surface area contributed by atoms with Gasteiger partial charge in [0.2, 0.25) is 0 Å². The lowest BCUT2D eigenvalue weighted by Gasteiger charge is -2.10. The summed E-state index contributed by atoms with van der Waals surface area (Å²) in [6.45, 7) is -0.500. The van der Waals surface area contributed by atoms with Crippen LogP contribution in [-0.2, 0) is 9.53 Å². The molecular weight excluding hydrogens is 168 g/mol. The lowest BCUT2D eigenvalue weighted by Crippen LogP contribution is -2.21. The van der Waals surface area contributed by atoms with Gasteiger partial charge in [-0.1, -0.05) is 0 Å². The number of hydrogen-bond acceptors (Lipinski definition) is 4. The first-order valence-electron chi connectivity index (χ1n) is 3.28. The van der Waals surface area contributed by atoms with Crippen molar-refractivity contribution in [2.45, 2.75) is 18.9 Å². The zero-order valence-corrected chi connectivity index (χ0v) is 6.27. The Bertz CT molecular complexity index is 165. The molecule has 0 spiro atoms. The molecule has 0 aromatic carbocycles. The summed E-state index contributed by atoms with van der Waals surface area (Å²) in [6.07, 6.45) is -2.70. The third-order valence-corrected chi connectivity index (χ3v) is 1.15. The van der Waals surface area contributed by atoms with E-state index < -0.39 is 24.8 Å². The third-order valence-electron chi connectivity index (χ3n) is 1.15. The summed E-state index contributed by atoms with van der Waals surface area (Å²) >= 11 is 0. The first-order chi connectivity index (χ1) is 5.56. The highest BCUT2D eigenvalue weighted by atomic mass is 16.7. The number of carboxylic acid groups (broad SMARTS) is 2. The molecule has 12 heavy (non-hydrogen) atoms. The van der Waals surface area contributed by atoms with Gasteiger partial charge in [-0.2, -0.15) is 0 Å². The lowest BCUT2D eigenvalue weighted by molar-refractivity contribution is -0.137. The van der Waals surface area contributed by atoms with E-state index in [1.54, 1.807) is 0 Å². The molecule has 0 fully saturated rings. The van der Waals surface area contributed by atoms with Gasteiger partial charge in [0.05, 0.1) is 6.61 Å². The van der Waals surface area contributed by atoms with Gasteiger partial charge in [-0.05, 0) is 6.42 Å². The van der Waals surface area contributed by atoms with Crippen molar-refractivity contribution in [3.05, 3.63) is 0 Å². The first-order valence-corrected chi connectivity index (χ1v) is 3.28. The average molecular weight is 178 g/mol. The van der Waals surface area contributed by atoms with Crippen molar-refractivity contribution in [2.75, 3.05) is 6.61 Å². The van der Waals surface area contributed by atoms with Crippen molar-refractivity contribution >= 4 is 12.1 Å². The highest BCUT2D eigenvalue weighted by Gasteiger charge is 2.13. The molecule has 0 saturated carbocycles. The summed E-state index contributed by atoms with van der Waals surface area (Å²) in [6, 6.07) is 0. The molecule has 0 aromatic rings. The number of carboxylic acids is 1. The molecule has 1 atom stereocenters. The van der Waals surface area contributed by atoms with Crippen LogP contribution >= 0.6 is 0 Å². The zero-order chi connectivity index (χ0) is 9.56. The summed E-state index contributed by atoms with van der Waals surface area (Å²) < 4.78 is 4.15. The molecule has 0 heterocycles. The zero-order valence-electron chi connectivity index (χ0n) is 6.27. The van der Waals surface area contributed by atoms with Crippen molar-refractivity contribution in [3.8, 4) is 0 Å². The van der Waals surface area contributed by atoms with Gasteiger partial charge in [0.25, 0.3) is 0 Å². The van der Waals surface area contributed by atoms with Crippen LogP contribution in [-0.4, -0.2) is 40.2 Å². The Hall–Kier alpha value is -1.30. The summed E-state index contributed by atoms with van der Waals surface area (Å²) in [5, 5.41) is 24.8. The van der Waals surface area contributed by atoms with E-state index >= 15 is 0 Å². The average Bonchev–Trinajstić information content (AvgIpc) is 1.97. The fourth-order valence-corrected chi connectivity index (χ4v) is 0.615. The van der Waals surface area contributed by atoms with Crippen molar-refractivity contribution in [2.24, 2.45) is 0 Å². The first kappa shape index (κ1) is 10.7. The molecule has 0 aliphatic carbocycles. The van der Waals surface area contributed by atoms with E-state index in [-0.39, 0.29) is 12.8 Å². The number of carbonyl (C=O) groups is 2. The maximum atomic E-state index is 10.0. The third kappa shape index (κ3) is 5.48. The van der Waals surface area contributed by atoms with E-state index in [4.69, 9.17) is 15.3 Å². The smallest absolute Gasteiger partial charge is 0.481 e. The summed E-state index contributed by atoms with van der Waals surface area (Å²) in [5.74, 6) is -1.05. The Kier molecular flexibility index (Phi) is 4.78. The van der Waals surface area contributed by atoms with Gasteiger partial charge in [0.1, 0.15) is 6.10 Å². The molecule has 6 nitrogen and oxygen atoms in total. The fraction of sp³-hybridized carbons (Fsp3) is 0.667. The van der Waals surface area contributed by atoms with E-state index in [0.717, 1.165) is 0 Å². The highest BCUT2D eigenvalue weighted by molar-refractivity contribution is 5.66. The monoisotopic (exact) mass is 178 g/mol. The molecular formula is C6H10O6. The van der Waals surface area contributed by atoms with Crippen LogP contribution in [0.25, 0.3) is 0 Å². The van der Waals surface area contributed by atoms with E-state index in [9.17, 15) is 9.59 Å². The SMILES string of the molecule is O=C(O)CCC(CO)OC(=O)O. The summed E-state index contributed by atoms with van der Waals surface area (Å²) in [7, 11) is 0. The molecule has 6 heteroatoms. The fourth-order valence-electron chi connectivity index (χ4n) is 0.615. The number of rotatable bonds is 5. The Morgan fingerprint density at radius 2 is 1.92 bits per heavy atom. The summed E-state index contributed by atoms with van der Waals surface area (Å²) in [4.78, 5) is 20.0. The van der Waals surface area contributed by atoms with Crippen LogP contribution < -0.4 is 0 Å². The molecule has 0 bridgehead atoms. The van der Waals surface area contributed by atoms with Gasteiger partial charge >= 0.3 is 12.1 Å². The van der Waals surface area contributed by atoms with Crippen molar-refractivity contribution in [3.63, 3.8) is 0 Å². The van der Waals surface area contributed by atoms with Crippen LogP contribution in [0.5, 0.6) is 0 Å². The lowest BCUT2D eigenvalue weighted by atomic mass is 10.2. The molecule has 1 unspecified atom stereocenters. The Morgan fingerprint density at radius 1 is 1.33 bits per heavy atom. The second-order valence-corrected chi connectivity index (χ2v) is 2.12. The van der Waals surface area contributed by atoms with Crippen molar-refractivity contribution in [1.82, 2.24) is 0 Å². The standard InChI is InChI=1S/C6H10O6/c7-3-4(12-6(10)11)1-2-5(8)9/h4,7H,1-3H2,(H,8,9)(H,10,11). The van der Waals surface area contributed by atoms with Gasteiger partial charge in [0, 0.05) is 6.42 Å². The van der Waals surface area contributed by atoms with E-state index in [0.29, 0.717) is 0 Å². The number of aliphatic hydroxyl groups is 1. The van der Waals surface area contributed by atoms with E-state index in [1.165, 1.54) is 0 Å². The maximum absolute atomic E-state index is 10.0. The van der Waals surface area contributed by atoms with Crippen molar-refractivity contribution in [1.29, 1.82) is 0 Å². The van der Waals surface area contributed by atoms with Crippen LogP contribution in [0.3, 0.4) is 0 Å². The molecule has 70 valence electrons.